The molecule has 1 N–H and O–H groups in total. The van der Waals surface area contributed by atoms with E-state index in [-0.39, 0.29) is 0 Å². The number of aromatic nitrogens is 2. The van der Waals surface area contributed by atoms with E-state index in [4.69, 9.17) is 4.74 Å². The summed E-state index contributed by atoms with van der Waals surface area (Å²) in [6, 6.07) is 11.5. The third kappa shape index (κ3) is 3.03. The van der Waals surface area contributed by atoms with Gasteiger partial charge in [-0.1, -0.05) is 0 Å². The van der Waals surface area contributed by atoms with E-state index < -0.39 is 0 Å². The van der Waals surface area contributed by atoms with Gasteiger partial charge in [-0.3, -0.25) is 15.4 Å². The van der Waals surface area contributed by atoms with E-state index in [0.717, 1.165) is 33.6 Å². The molecule has 0 amide bonds. The highest BCUT2D eigenvalue weighted by molar-refractivity contribution is 5.93. The zero-order chi connectivity index (χ0) is 15.4. The highest BCUT2D eigenvalue weighted by Crippen LogP contribution is 2.27. The molecule has 0 saturated heterocycles. The predicted octanol–water partition coefficient (Wildman–Crippen LogP) is 3.39. The van der Waals surface area contributed by atoms with Crippen molar-refractivity contribution in [1.82, 2.24) is 9.97 Å². The molecular formula is C17H16N4O. The number of benzene rings is 1. The van der Waals surface area contributed by atoms with Crippen LogP contribution < -0.4 is 10.2 Å². The first-order valence-corrected chi connectivity index (χ1v) is 6.91. The summed E-state index contributed by atoms with van der Waals surface area (Å²) < 4.78 is 5.28. The molecule has 0 bridgehead atoms. The van der Waals surface area contributed by atoms with Gasteiger partial charge in [-0.15, -0.1) is 0 Å². The number of fused-ring (bicyclic) bond motifs is 1. The molecule has 0 unspecified atom stereocenters. The molecule has 0 fully saturated rings. The summed E-state index contributed by atoms with van der Waals surface area (Å²) >= 11 is 0. The van der Waals surface area contributed by atoms with Crippen LogP contribution in [0.2, 0.25) is 0 Å². The maximum absolute atomic E-state index is 5.28. The second-order valence-corrected chi connectivity index (χ2v) is 4.84. The Morgan fingerprint density at radius 1 is 1.14 bits per heavy atom. The van der Waals surface area contributed by atoms with E-state index in [1.807, 2.05) is 43.3 Å². The van der Waals surface area contributed by atoms with Crippen LogP contribution >= 0.6 is 0 Å². The summed E-state index contributed by atoms with van der Waals surface area (Å²) in [6.07, 6.45) is 5.22. The number of ether oxygens (including phenoxy) is 1. The molecule has 0 aliphatic rings. The lowest BCUT2D eigenvalue weighted by Crippen LogP contribution is -1.95. The van der Waals surface area contributed by atoms with Gasteiger partial charge in [0, 0.05) is 23.5 Å². The molecule has 5 nitrogen and oxygen atoms in total. The zero-order valence-corrected chi connectivity index (χ0v) is 12.4. The average Bonchev–Trinajstić information content (AvgIpc) is 2.55. The van der Waals surface area contributed by atoms with Crippen molar-refractivity contribution in [3.63, 3.8) is 0 Å². The number of hydrazone groups is 1. The van der Waals surface area contributed by atoms with Crippen molar-refractivity contribution in [2.24, 2.45) is 5.10 Å². The Hall–Kier alpha value is -2.95. The fourth-order valence-electron chi connectivity index (χ4n) is 2.18. The van der Waals surface area contributed by atoms with Gasteiger partial charge in [0.25, 0.3) is 0 Å². The number of aryl methyl sites for hydroxylation is 1. The summed E-state index contributed by atoms with van der Waals surface area (Å²) in [6.45, 7) is 1.96. The molecule has 0 radical (unpaired) electrons. The van der Waals surface area contributed by atoms with Crippen LogP contribution in [0.1, 0.15) is 11.3 Å². The summed E-state index contributed by atoms with van der Waals surface area (Å²) in [7, 11) is 1.65. The van der Waals surface area contributed by atoms with E-state index >= 15 is 0 Å². The monoisotopic (exact) mass is 292 g/mol. The van der Waals surface area contributed by atoms with E-state index in [1.165, 1.54) is 0 Å². The Morgan fingerprint density at radius 2 is 1.95 bits per heavy atom. The van der Waals surface area contributed by atoms with Gasteiger partial charge in [-0.05, 0) is 48.9 Å². The number of anilines is 1. The Labute approximate surface area is 128 Å². The first-order chi connectivity index (χ1) is 10.8. The lowest BCUT2D eigenvalue weighted by Gasteiger charge is -2.08. The number of pyridine rings is 2. The highest BCUT2D eigenvalue weighted by atomic mass is 16.5. The summed E-state index contributed by atoms with van der Waals surface area (Å²) in [4.78, 5) is 8.50. The molecule has 0 aliphatic carbocycles. The molecule has 1 aromatic carbocycles. The predicted molar refractivity (Wildman–Crippen MR) is 88.5 cm³/mol. The number of nitrogens with zero attached hydrogens (tertiary/aromatic N) is 3. The van der Waals surface area contributed by atoms with E-state index in [0.29, 0.717) is 0 Å². The fourth-order valence-corrected chi connectivity index (χ4v) is 2.18. The lowest BCUT2D eigenvalue weighted by molar-refractivity contribution is 0.415. The third-order valence-corrected chi connectivity index (χ3v) is 3.25. The number of hydrogen-bond donors (Lipinski definition) is 1. The Bertz CT molecular complexity index is 816. The van der Waals surface area contributed by atoms with Crippen LogP contribution in [-0.2, 0) is 0 Å². The van der Waals surface area contributed by atoms with E-state index in [9.17, 15) is 0 Å². The topological polar surface area (TPSA) is 59.4 Å². The number of hydrogen-bond acceptors (Lipinski definition) is 5. The van der Waals surface area contributed by atoms with E-state index in [1.54, 1.807) is 25.7 Å². The third-order valence-electron chi connectivity index (χ3n) is 3.25. The number of nitrogens with one attached hydrogen (secondary N) is 1. The van der Waals surface area contributed by atoms with Gasteiger partial charge in [0.2, 0.25) is 0 Å². The molecule has 2 heterocycles. The standard InChI is InChI=1S/C17H16N4O/c1-12-9-17(21-19-11-13-5-7-18-8-6-13)15-10-14(22-2)3-4-16(15)20-12/h3-11H,1-2H3,(H,20,21)/b19-11+. The van der Waals surface area contributed by atoms with Crippen LogP contribution in [-0.4, -0.2) is 23.3 Å². The van der Waals surface area contributed by atoms with Crippen LogP contribution in [0, 0.1) is 6.92 Å². The van der Waals surface area contributed by atoms with Gasteiger partial charge < -0.3 is 4.74 Å². The molecule has 110 valence electrons. The molecule has 22 heavy (non-hydrogen) atoms. The molecule has 0 saturated carbocycles. The summed E-state index contributed by atoms with van der Waals surface area (Å²) in [5.41, 5.74) is 6.79. The van der Waals surface area contributed by atoms with Crippen molar-refractivity contribution < 1.29 is 4.74 Å². The lowest BCUT2D eigenvalue weighted by atomic mass is 10.1. The van der Waals surface area contributed by atoms with Gasteiger partial charge in [-0.25, -0.2) is 0 Å². The molecule has 5 heteroatoms. The zero-order valence-electron chi connectivity index (χ0n) is 12.4. The Kier molecular flexibility index (Phi) is 3.96. The molecule has 3 aromatic rings. The first-order valence-electron chi connectivity index (χ1n) is 6.91. The summed E-state index contributed by atoms with van der Waals surface area (Å²) in [5, 5.41) is 5.26. The van der Waals surface area contributed by atoms with Crippen LogP contribution in [0.3, 0.4) is 0 Å². The largest absolute Gasteiger partial charge is 0.497 e. The minimum Gasteiger partial charge on any atom is -0.497 e. The Morgan fingerprint density at radius 3 is 2.73 bits per heavy atom. The highest BCUT2D eigenvalue weighted by Gasteiger charge is 2.05. The van der Waals surface area contributed by atoms with E-state index in [2.05, 4.69) is 20.5 Å². The number of methoxy groups -OCH3 is 1. The SMILES string of the molecule is COc1ccc2nc(C)cc(N/N=C/c3ccncc3)c2c1. The maximum atomic E-state index is 5.28. The van der Waals surface area contributed by atoms with Crippen molar-refractivity contribution in [3.8, 4) is 5.75 Å². The van der Waals surface area contributed by atoms with Gasteiger partial charge >= 0.3 is 0 Å². The molecule has 2 aromatic heterocycles. The molecule has 0 aliphatic heterocycles. The van der Waals surface area contributed by atoms with Crippen LogP contribution in [0.25, 0.3) is 10.9 Å². The van der Waals surface area contributed by atoms with Gasteiger partial charge in [0.15, 0.2) is 0 Å². The van der Waals surface area contributed by atoms with Crippen molar-refractivity contribution in [2.75, 3.05) is 12.5 Å². The van der Waals surface area contributed by atoms with Crippen molar-refractivity contribution in [2.45, 2.75) is 6.92 Å². The van der Waals surface area contributed by atoms with Gasteiger partial charge in [-0.2, -0.15) is 5.10 Å². The van der Waals surface area contributed by atoms with Crippen molar-refractivity contribution in [3.05, 3.63) is 60.0 Å². The molecule has 0 atom stereocenters. The molecule has 0 spiro atoms. The second kappa shape index (κ2) is 6.22. The first kappa shape index (κ1) is 14.0. The smallest absolute Gasteiger partial charge is 0.119 e. The normalized spacial score (nSPS) is 11.0. The minimum absolute atomic E-state index is 0.791. The van der Waals surface area contributed by atoms with Gasteiger partial charge in [0.1, 0.15) is 5.75 Å². The average molecular weight is 292 g/mol. The molecule has 3 rings (SSSR count). The van der Waals surface area contributed by atoms with Gasteiger partial charge in [0.05, 0.1) is 24.5 Å². The Balaban J connectivity index is 1.93. The van der Waals surface area contributed by atoms with Crippen molar-refractivity contribution >= 4 is 22.8 Å². The second-order valence-electron chi connectivity index (χ2n) is 4.84. The van der Waals surface area contributed by atoms with Crippen LogP contribution in [0.15, 0.2) is 53.9 Å². The van der Waals surface area contributed by atoms with Crippen molar-refractivity contribution in [1.29, 1.82) is 0 Å². The molecular weight excluding hydrogens is 276 g/mol. The number of rotatable bonds is 4. The summed E-state index contributed by atoms with van der Waals surface area (Å²) in [5.74, 6) is 0.791. The van der Waals surface area contributed by atoms with Crippen LogP contribution in [0.5, 0.6) is 5.75 Å². The minimum atomic E-state index is 0.791. The fraction of sp³-hybridized carbons (Fsp3) is 0.118. The van der Waals surface area contributed by atoms with Crippen LogP contribution in [0.4, 0.5) is 5.69 Å². The quantitative estimate of drug-likeness (QED) is 0.591. The maximum Gasteiger partial charge on any atom is 0.119 e.